The molecule has 0 amide bonds. The summed E-state index contributed by atoms with van der Waals surface area (Å²) in [5, 5.41) is 1.26. The van der Waals surface area contributed by atoms with Gasteiger partial charge in [0.05, 0.1) is 16.8 Å². The average molecular weight is 568 g/mol. The largest absolute Gasteiger partial charge is 0.454 e. The number of nitrogens with zero attached hydrogens (tertiary/aromatic N) is 1. The number of ketones is 1. The third-order valence-electron chi connectivity index (χ3n) is 8.43. The molecule has 1 heterocycles. The Bertz CT molecular complexity index is 1500. The second-order valence-electron chi connectivity index (χ2n) is 11.4. The summed E-state index contributed by atoms with van der Waals surface area (Å²) in [7, 11) is 0. The van der Waals surface area contributed by atoms with Gasteiger partial charge in [0.25, 0.3) is 0 Å². The molecule has 5 rings (SSSR count). The predicted molar refractivity (Wildman–Crippen MR) is 167 cm³/mol. The van der Waals surface area contributed by atoms with Crippen LogP contribution in [0.15, 0.2) is 72.8 Å². The standard InChI is InChI=1S/C36H38ClNO3/c1-3-4-5-6-25-8-10-26(11-9-25)27-12-14-28(15-13-27)34-22-32(31-21-24(2)7-20-33(31)38-34)36(40)41-23-35(39)29-16-18-30(37)19-17-29/h7,12-22,25-26H,3-6,8-11,23H2,1-2H3. The number of rotatable bonds is 10. The van der Waals surface area contributed by atoms with E-state index in [4.69, 9.17) is 21.3 Å². The Hall–Kier alpha value is -3.50. The fourth-order valence-electron chi connectivity index (χ4n) is 5.98. The molecule has 5 heteroatoms. The number of unbranched alkanes of at least 4 members (excludes halogenated alkanes) is 2. The monoisotopic (exact) mass is 567 g/mol. The molecule has 0 bridgehead atoms. The molecule has 3 aromatic carbocycles. The minimum absolute atomic E-state index is 0.282. The van der Waals surface area contributed by atoms with Crippen LogP contribution in [0, 0.1) is 12.8 Å². The summed E-state index contributed by atoms with van der Waals surface area (Å²) in [6, 6.07) is 22.9. The van der Waals surface area contributed by atoms with Crippen molar-refractivity contribution < 1.29 is 14.3 Å². The fourth-order valence-corrected chi connectivity index (χ4v) is 6.10. The number of benzene rings is 3. The number of ether oxygens (including phenoxy) is 1. The molecule has 4 aromatic rings. The summed E-state index contributed by atoms with van der Waals surface area (Å²) in [4.78, 5) is 30.8. The number of esters is 1. The topological polar surface area (TPSA) is 56.3 Å². The molecular weight excluding hydrogens is 530 g/mol. The van der Waals surface area contributed by atoms with Gasteiger partial charge in [-0.1, -0.05) is 80.1 Å². The van der Waals surface area contributed by atoms with Gasteiger partial charge in [-0.3, -0.25) is 4.79 Å². The van der Waals surface area contributed by atoms with Crippen molar-refractivity contribution in [1.82, 2.24) is 4.98 Å². The Kier molecular flexibility index (Phi) is 9.51. The van der Waals surface area contributed by atoms with Crippen LogP contribution in [0.3, 0.4) is 0 Å². The van der Waals surface area contributed by atoms with E-state index in [0.29, 0.717) is 33.1 Å². The SMILES string of the molecule is CCCCCC1CCC(c2ccc(-c3cc(C(=O)OCC(=O)c4ccc(Cl)cc4)c4cc(C)ccc4n3)cc2)CC1. The molecule has 1 aliphatic rings. The maximum absolute atomic E-state index is 13.3. The van der Waals surface area contributed by atoms with Crippen molar-refractivity contribution in [3.8, 4) is 11.3 Å². The summed E-state index contributed by atoms with van der Waals surface area (Å²) >= 11 is 5.93. The normalized spacial score (nSPS) is 17.0. The number of aryl methyl sites for hydroxylation is 1. The molecule has 1 saturated carbocycles. The van der Waals surface area contributed by atoms with Crippen LogP contribution in [0.25, 0.3) is 22.2 Å². The molecule has 4 nitrogen and oxygen atoms in total. The number of carbonyl (C=O) groups is 2. The van der Waals surface area contributed by atoms with Crippen LogP contribution in [-0.2, 0) is 4.74 Å². The smallest absolute Gasteiger partial charge is 0.339 e. The maximum atomic E-state index is 13.3. The van der Waals surface area contributed by atoms with Crippen molar-refractivity contribution in [3.63, 3.8) is 0 Å². The van der Waals surface area contributed by atoms with Gasteiger partial charge in [0.2, 0.25) is 0 Å². The molecular formula is C36H38ClNO3. The van der Waals surface area contributed by atoms with Crippen molar-refractivity contribution >= 4 is 34.3 Å². The quantitative estimate of drug-likeness (QED) is 0.109. The molecule has 0 unspecified atom stereocenters. The van der Waals surface area contributed by atoms with Crippen molar-refractivity contribution in [1.29, 1.82) is 0 Å². The number of Topliss-reactive ketones (excluding diaryl/α,β-unsaturated/α-hetero) is 1. The Morgan fingerprint density at radius 2 is 1.63 bits per heavy atom. The zero-order valence-corrected chi connectivity index (χ0v) is 24.8. The van der Waals surface area contributed by atoms with E-state index in [1.54, 1.807) is 30.3 Å². The number of carbonyl (C=O) groups excluding carboxylic acids is 2. The molecule has 0 saturated heterocycles. The lowest BCUT2D eigenvalue weighted by Gasteiger charge is -2.29. The van der Waals surface area contributed by atoms with E-state index >= 15 is 0 Å². The first-order chi connectivity index (χ1) is 19.9. The van der Waals surface area contributed by atoms with Gasteiger partial charge in [-0.2, -0.15) is 0 Å². The van der Waals surface area contributed by atoms with Crippen molar-refractivity contribution in [2.45, 2.75) is 71.1 Å². The first-order valence-corrected chi connectivity index (χ1v) is 15.3. The van der Waals surface area contributed by atoms with Crippen molar-refractivity contribution in [2.24, 2.45) is 5.92 Å². The number of pyridine rings is 1. The van der Waals surface area contributed by atoms with Gasteiger partial charge < -0.3 is 4.74 Å². The summed E-state index contributed by atoms with van der Waals surface area (Å²) in [6.45, 7) is 3.90. The number of fused-ring (bicyclic) bond motifs is 1. The average Bonchev–Trinajstić information content (AvgIpc) is 3.00. The third kappa shape index (κ3) is 7.23. The molecule has 1 aliphatic carbocycles. The molecule has 0 spiro atoms. The molecule has 41 heavy (non-hydrogen) atoms. The maximum Gasteiger partial charge on any atom is 0.339 e. The zero-order chi connectivity index (χ0) is 28.8. The van der Waals surface area contributed by atoms with Crippen LogP contribution in [0.2, 0.25) is 5.02 Å². The second kappa shape index (κ2) is 13.4. The minimum atomic E-state index is -0.543. The number of halogens is 1. The van der Waals surface area contributed by atoms with Crippen LogP contribution >= 0.6 is 11.6 Å². The van der Waals surface area contributed by atoms with Crippen LogP contribution in [0.5, 0.6) is 0 Å². The van der Waals surface area contributed by atoms with E-state index < -0.39 is 5.97 Å². The lowest BCUT2D eigenvalue weighted by atomic mass is 9.77. The lowest BCUT2D eigenvalue weighted by molar-refractivity contribution is 0.0476. The van der Waals surface area contributed by atoms with Gasteiger partial charge in [-0.15, -0.1) is 0 Å². The first-order valence-electron chi connectivity index (χ1n) is 14.9. The molecule has 212 valence electrons. The number of hydrogen-bond acceptors (Lipinski definition) is 4. The molecule has 1 aromatic heterocycles. The van der Waals surface area contributed by atoms with E-state index in [9.17, 15) is 9.59 Å². The molecule has 0 aliphatic heterocycles. The highest BCUT2D eigenvalue weighted by atomic mass is 35.5. The van der Waals surface area contributed by atoms with E-state index in [2.05, 4.69) is 31.2 Å². The Labute approximate surface area is 248 Å². The Balaban J connectivity index is 1.32. The van der Waals surface area contributed by atoms with Crippen molar-refractivity contribution in [2.75, 3.05) is 6.61 Å². The summed E-state index contributed by atoms with van der Waals surface area (Å²) in [5.41, 5.74) is 5.64. The third-order valence-corrected chi connectivity index (χ3v) is 8.68. The van der Waals surface area contributed by atoms with E-state index in [0.717, 1.165) is 22.6 Å². The van der Waals surface area contributed by atoms with Crippen LogP contribution in [-0.4, -0.2) is 23.3 Å². The Morgan fingerprint density at radius 3 is 2.34 bits per heavy atom. The van der Waals surface area contributed by atoms with Gasteiger partial charge in [-0.05, 0) is 92.5 Å². The minimum Gasteiger partial charge on any atom is -0.454 e. The van der Waals surface area contributed by atoms with E-state index in [1.165, 1.54) is 56.9 Å². The van der Waals surface area contributed by atoms with Gasteiger partial charge in [0.1, 0.15) is 0 Å². The van der Waals surface area contributed by atoms with Crippen LogP contribution < -0.4 is 0 Å². The number of hydrogen-bond donors (Lipinski definition) is 0. The highest BCUT2D eigenvalue weighted by molar-refractivity contribution is 6.30. The molecule has 0 atom stereocenters. The summed E-state index contributed by atoms with van der Waals surface area (Å²) < 4.78 is 5.50. The van der Waals surface area contributed by atoms with Crippen molar-refractivity contribution in [3.05, 3.63) is 100 Å². The summed E-state index contributed by atoms with van der Waals surface area (Å²) in [5.74, 6) is 0.680. The predicted octanol–water partition coefficient (Wildman–Crippen LogP) is 9.76. The van der Waals surface area contributed by atoms with E-state index in [-0.39, 0.29) is 12.4 Å². The molecule has 1 fully saturated rings. The van der Waals surface area contributed by atoms with Crippen LogP contribution in [0.1, 0.15) is 96.1 Å². The van der Waals surface area contributed by atoms with E-state index in [1.807, 2.05) is 25.1 Å². The fraction of sp³-hybridized carbons (Fsp3) is 0.361. The second-order valence-corrected chi connectivity index (χ2v) is 11.9. The van der Waals surface area contributed by atoms with Gasteiger partial charge in [-0.25, -0.2) is 9.78 Å². The Morgan fingerprint density at radius 1 is 0.902 bits per heavy atom. The summed E-state index contributed by atoms with van der Waals surface area (Å²) in [6.07, 6.45) is 10.6. The van der Waals surface area contributed by atoms with Gasteiger partial charge >= 0.3 is 5.97 Å². The lowest BCUT2D eigenvalue weighted by Crippen LogP contribution is -2.15. The highest BCUT2D eigenvalue weighted by Gasteiger charge is 2.22. The molecule has 0 radical (unpaired) electrons. The first kappa shape index (κ1) is 29.0. The number of aromatic nitrogens is 1. The van der Waals surface area contributed by atoms with Gasteiger partial charge in [0.15, 0.2) is 12.4 Å². The highest BCUT2D eigenvalue weighted by Crippen LogP contribution is 2.38. The zero-order valence-electron chi connectivity index (χ0n) is 24.0. The van der Waals surface area contributed by atoms with Gasteiger partial charge in [0, 0.05) is 21.5 Å². The van der Waals surface area contributed by atoms with Crippen LogP contribution in [0.4, 0.5) is 0 Å². The molecule has 0 N–H and O–H groups in total.